The molecule has 0 spiro atoms. The molecule has 21 heavy (non-hydrogen) atoms. The average Bonchev–Trinajstić information content (AvgIpc) is 2.37. The SMILES string of the molecule is COc1c(F)cc(NC(=O)N2C[C@@H](C)S[C@H](C)C2)cc1F. The van der Waals surface area contributed by atoms with E-state index in [4.69, 9.17) is 0 Å². The Balaban J connectivity index is 2.09. The number of ether oxygens (including phenoxy) is 1. The quantitative estimate of drug-likeness (QED) is 0.910. The Labute approximate surface area is 126 Å². The molecule has 7 heteroatoms. The lowest BCUT2D eigenvalue weighted by molar-refractivity contribution is 0.211. The van der Waals surface area contributed by atoms with E-state index in [1.165, 1.54) is 7.11 Å². The van der Waals surface area contributed by atoms with Gasteiger partial charge in [-0.3, -0.25) is 0 Å². The second-order valence-electron chi connectivity index (χ2n) is 5.07. The van der Waals surface area contributed by atoms with E-state index < -0.39 is 17.4 Å². The van der Waals surface area contributed by atoms with Gasteiger partial charge in [0, 0.05) is 41.4 Å². The van der Waals surface area contributed by atoms with Crippen LogP contribution in [0.4, 0.5) is 19.3 Å². The summed E-state index contributed by atoms with van der Waals surface area (Å²) in [5.41, 5.74) is 0.0781. The maximum atomic E-state index is 13.6. The van der Waals surface area contributed by atoms with Gasteiger partial charge in [0.1, 0.15) is 0 Å². The first-order valence-electron chi connectivity index (χ1n) is 6.65. The van der Waals surface area contributed by atoms with Crippen LogP contribution >= 0.6 is 11.8 Å². The average molecular weight is 316 g/mol. The van der Waals surface area contributed by atoms with E-state index in [0.29, 0.717) is 23.6 Å². The molecule has 0 bridgehead atoms. The monoisotopic (exact) mass is 316 g/mol. The minimum Gasteiger partial charge on any atom is -0.491 e. The van der Waals surface area contributed by atoms with Crippen LogP contribution in [0.1, 0.15) is 13.8 Å². The van der Waals surface area contributed by atoms with Crippen molar-refractivity contribution < 1.29 is 18.3 Å². The van der Waals surface area contributed by atoms with E-state index in [9.17, 15) is 13.6 Å². The second kappa shape index (κ2) is 6.51. The van der Waals surface area contributed by atoms with Gasteiger partial charge in [0.05, 0.1) is 7.11 Å². The molecule has 0 unspecified atom stereocenters. The molecule has 4 nitrogen and oxygen atoms in total. The summed E-state index contributed by atoms with van der Waals surface area (Å²) in [4.78, 5) is 13.8. The predicted octanol–water partition coefficient (Wildman–Crippen LogP) is 3.33. The molecule has 1 N–H and O–H groups in total. The van der Waals surface area contributed by atoms with Gasteiger partial charge in [0.2, 0.25) is 0 Å². The molecule has 0 aliphatic carbocycles. The lowest BCUT2D eigenvalue weighted by Crippen LogP contribution is -2.46. The Hall–Kier alpha value is -1.50. The molecule has 2 rings (SSSR count). The summed E-state index contributed by atoms with van der Waals surface area (Å²) in [6, 6.07) is 1.74. The minimum atomic E-state index is -0.844. The van der Waals surface area contributed by atoms with Crippen molar-refractivity contribution in [1.29, 1.82) is 0 Å². The summed E-state index contributed by atoms with van der Waals surface area (Å²) >= 11 is 1.82. The van der Waals surface area contributed by atoms with E-state index >= 15 is 0 Å². The molecule has 1 aliphatic rings. The summed E-state index contributed by atoms with van der Waals surface area (Å²) in [5.74, 6) is -2.14. The molecule has 0 aromatic heterocycles. The van der Waals surface area contributed by atoms with Crippen LogP contribution in [-0.2, 0) is 0 Å². The van der Waals surface area contributed by atoms with Crippen molar-refractivity contribution in [3.05, 3.63) is 23.8 Å². The number of methoxy groups -OCH3 is 1. The molecular weight excluding hydrogens is 298 g/mol. The van der Waals surface area contributed by atoms with Crippen LogP contribution in [0.5, 0.6) is 5.75 Å². The minimum absolute atomic E-state index is 0.0781. The number of hydrogen-bond acceptors (Lipinski definition) is 3. The first-order valence-corrected chi connectivity index (χ1v) is 7.59. The van der Waals surface area contributed by atoms with E-state index in [1.54, 1.807) is 4.90 Å². The molecule has 0 saturated carbocycles. The predicted molar refractivity (Wildman–Crippen MR) is 80.0 cm³/mol. The van der Waals surface area contributed by atoms with Crippen LogP contribution < -0.4 is 10.1 Å². The summed E-state index contributed by atoms with van der Waals surface area (Å²) in [6.07, 6.45) is 0. The molecule has 1 fully saturated rings. The van der Waals surface area contributed by atoms with Crippen LogP contribution in [0.25, 0.3) is 0 Å². The first kappa shape index (κ1) is 15.9. The van der Waals surface area contributed by atoms with Crippen molar-refractivity contribution in [2.75, 3.05) is 25.5 Å². The molecule has 0 radical (unpaired) electrons. The highest BCUT2D eigenvalue weighted by atomic mass is 32.2. The summed E-state index contributed by atoms with van der Waals surface area (Å²) in [6.45, 7) is 5.32. The standard InChI is InChI=1S/C14H18F2N2O2S/c1-8-6-18(7-9(2)21-8)14(19)17-10-4-11(15)13(20-3)12(16)5-10/h4-5,8-9H,6-7H2,1-3H3,(H,17,19)/t8-,9-/m1/s1. The van der Waals surface area contributed by atoms with Gasteiger partial charge in [0.25, 0.3) is 0 Å². The van der Waals surface area contributed by atoms with Gasteiger partial charge in [-0.05, 0) is 0 Å². The molecule has 2 amide bonds. The van der Waals surface area contributed by atoms with Crippen molar-refractivity contribution in [2.45, 2.75) is 24.3 Å². The number of nitrogens with zero attached hydrogens (tertiary/aromatic N) is 1. The zero-order valence-corrected chi connectivity index (χ0v) is 13.0. The highest BCUT2D eigenvalue weighted by molar-refractivity contribution is 8.00. The zero-order valence-electron chi connectivity index (χ0n) is 12.2. The molecular formula is C14H18F2N2O2S. The van der Waals surface area contributed by atoms with E-state index in [2.05, 4.69) is 10.1 Å². The number of nitrogens with one attached hydrogen (secondary N) is 1. The van der Waals surface area contributed by atoms with Crippen molar-refractivity contribution in [3.63, 3.8) is 0 Å². The van der Waals surface area contributed by atoms with Gasteiger partial charge >= 0.3 is 6.03 Å². The van der Waals surface area contributed by atoms with Gasteiger partial charge < -0.3 is 15.0 Å². The summed E-state index contributed by atoms with van der Waals surface area (Å²) in [7, 11) is 1.19. The molecule has 2 atom stereocenters. The van der Waals surface area contributed by atoms with Crippen LogP contribution in [0, 0.1) is 11.6 Å². The fraction of sp³-hybridized carbons (Fsp3) is 0.500. The normalized spacial score (nSPS) is 22.0. The molecule has 1 aliphatic heterocycles. The number of benzene rings is 1. The number of carbonyl (C=O) groups excluding carboxylic acids is 1. The fourth-order valence-corrected chi connectivity index (χ4v) is 3.70. The van der Waals surface area contributed by atoms with E-state index in [1.807, 2.05) is 25.6 Å². The maximum Gasteiger partial charge on any atom is 0.321 e. The maximum absolute atomic E-state index is 13.6. The van der Waals surface area contributed by atoms with Gasteiger partial charge in [-0.1, -0.05) is 13.8 Å². The number of carbonyl (C=O) groups is 1. The topological polar surface area (TPSA) is 41.6 Å². The third-order valence-corrected chi connectivity index (χ3v) is 4.39. The highest BCUT2D eigenvalue weighted by Gasteiger charge is 2.26. The second-order valence-corrected chi connectivity index (χ2v) is 6.95. The fourth-order valence-electron chi connectivity index (χ4n) is 2.37. The van der Waals surface area contributed by atoms with E-state index in [-0.39, 0.29) is 11.7 Å². The Kier molecular flexibility index (Phi) is 4.92. The number of anilines is 1. The Bertz CT molecular complexity index is 509. The zero-order chi connectivity index (χ0) is 15.6. The number of thioether (sulfide) groups is 1. The number of hydrogen-bond donors (Lipinski definition) is 1. The third kappa shape index (κ3) is 3.78. The van der Waals surface area contributed by atoms with Gasteiger partial charge in [-0.2, -0.15) is 11.8 Å². The lowest BCUT2D eigenvalue weighted by atomic mass is 10.2. The third-order valence-electron chi connectivity index (χ3n) is 3.16. The Morgan fingerprint density at radius 3 is 2.29 bits per heavy atom. The van der Waals surface area contributed by atoms with Crippen LogP contribution in [0.2, 0.25) is 0 Å². The lowest BCUT2D eigenvalue weighted by Gasteiger charge is -2.34. The number of urea groups is 1. The molecule has 1 aromatic rings. The van der Waals surface area contributed by atoms with Crippen molar-refractivity contribution in [2.24, 2.45) is 0 Å². The largest absolute Gasteiger partial charge is 0.491 e. The van der Waals surface area contributed by atoms with Crippen LogP contribution in [-0.4, -0.2) is 41.6 Å². The summed E-state index contributed by atoms with van der Waals surface area (Å²) < 4.78 is 31.8. The molecule has 116 valence electrons. The number of halogens is 2. The molecule has 1 saturated heterocycles. The van der Waals surface area contributed by atoms with Crippen molar-refractivity contribution in [1.82, 2.24) is 4.90 Å². The van der Waals surface area contributed by atoms with Crippen molar-refractivity contribution >= 4 is 23.5 Å². The van der Waals surface area contributed by atoms with E-state index in [0.717, 1.165) is 12.1 Å². The molecule has 1 heterocycles. The van der Waals surface area contributed by atoms with Gasteiger partial charge in [-0.25, -0.2) is 13.6 Å². The number of rotatable bonds is 2. The summed E-state index contributed by atoms with van der Waals surface area (Å²) in [5, 5.41) is 3.20. The number of amides is 2. The van der Waals surface area contributed by atoms with Crippen LogP contribution in [0.3, 0.4) is 0 Å². The highest BCUT2D eigenvalue weighted by Crippen LogP contribution is 2.27. The smallest absolute Gasteiger partial charge is 0.321 e. The molecule has 1 aromatic carbocycles. The van der Waals surface area contributed by atoms with Crippen molar-refractivity contribution in [3.8, 4) is 5.75 Å². The first-order chi connectivity index (χ1) is 9.90. The Morgan fingerprint density at radius 2 is 1.81 bits per heavy atom. The van der Waals surface area contributed by atoms with Crippen LogP contribution in [0.15, 0.2) is 12.1 Å². The van der Waals surface area contributed by atoms with Gasteiger partial charge in [0.15, 0.2) is 17.4 Å². The Morgan fingerprint density at radius 1 is 1.29 bits per heavy atom. The van der Waals surface area contributed by atoms with Gasteiger partial charge in [-0.15, -0.1) is 0 Å².